The van der Waals surface area contributed by atoms with Crippen LogP contribution in [0.1, 0.15) is 0 Å². The summed E-state index contributed by atoms with van der Waals surface area (Å²) in [6, 6.07) is 79.4. The summed E-state index contributed by atoms with van der Waals surface area (Å²) in [7, 11) is 0. The van der Waals surface area contributed by atoms with Gasteiger partial charge in [0.15, 0.2) is 0 Å². The highest BCUT2D eigenvalue weighted by atomic mass is 15.1. The molecule has 10 aromatic carbocycles. The van der Waals surface area contributed by atoms with E-state index in [9.17, 15) is 0 Å². The van der Waals surface area contributed by atoms with Crippen LogP contribution in [0.4, 0.5) is 17.1 Å². The number of aromatic nitrogens is 1. The van der Waals surface area contributed by atoms with Crippen LogP contribution in [0.5, 0.6) is 0 Å². The molecule has 1 heterocycles. The normalized spacial score (nSPS) is 11.6. The molecular weight excluding hydrogens is 677 g/mol. The highest BCUT2D eigenvalue weighted by molar-refractivity contribution is 6.19. The molecule has 0 saturated heterocycles. The Balaban J connectivity index is 1.05. The number of hydrogen-bond acceptors (Lipinski definition) is 1. The molecule has 0 N–H and O–H groups in total. The van der Waals surface area contributed by atoms with E-state index in [1.165, 1.54) is 76.4 Å². The molecule has 0 bridgehead atoms. The summed E-state index contributed by atoms with van der Waals surface area (Å²) >= 11 is 0. The van der Waals surface area contributed by atoms with E-state index in [4.69, 9.17) is 0 Å². The SMILES string of the molecule is c1ccc(-c2ccc(N(c3ccc(-c4cccc5c4ccc4c6ccccc6ccc54)cc3)c3ccc4c(c3)c3ccccc3n4-c3ccccc3)cc2)cc1. The Morgan fingerprint density at radius 3 is 1.61 bits per heavy atom. The highest BCUT2D eigenvalue weighted by Gasteiger charge is 2.18. The molecular formula is C54H36N2. The van der Waals surface area contributed by atoms with Crippen molar-refractivity contribution in [3.63, 3.8) is 0 Å². The molecule has 2 nitrogen and oxygen atoms in total. The number of nitrogens with zero attached hydrogens (tertiary/aromatic N) is 2. The maximum absolute atomic E-state index is 2.38. The largest absolute Gasteiger partial charge is 0.310 e. The average molecular weight is 713 g/mol. The third-order valence-corrected chi connectivity index (χ3v) is 11.4. The number of rotatable bonds is 6. The zero-order chi connectivity index (χ0) is 37.0. The fourth-order valence-corrected chi connectivity index (χ4v) is 8.73. The van der Waals surface area contributed by atoms with Gasteiger partial charge < -0.3 is 9.47 Å². The zero-order valence-corrected chi connectivity index (χ0v) is 30.7. The van der Waals surface area contributed by atoms with Gasteiger partial charge in [-0.15, -0.1) is 0 Å². The second-order valence-corrected chi connectivity index (χ2v) is 14.5. The van der Waals surface area contributed by atoms with Crippen molar-refractivity contribution in [1.29, 1.82) is 0 Å². The maximum Gasteiger partial charge on any atom is 0.0542 e. The van der Waals surface area contributed by atoms with Crippen molar-refractivity contribution in [3.8, 4) is 27.9 Å². The van der Waals surface area contributed by atoms with Gasteiger partial charge in [0.25, 0.3) is 0 Å². The van der Waals surface area contributed by atoms with E-state index in [2.05, 4.69) is 228 Å². The first kappa shape index (κ1) is 32.0. The van der Waals surface area contributed by atoms with Crippen LogP contribution < -0.4 is 4.90 Å². The number of hydrogen-bond donors (Lipinski definition) is 0. The van der Waals surface area contributed by atoms with Crippen LogP contribution in [-0.4, -0.2) is 4.57 Å². The molecule has 0 amide bonds. The fraction of sp³-hybridized carbons (Fsp3) is 0. The van der Waals surface area contributed by atoms with E-state index < -0.39 is 0 Å². The van der Waals surface area contributed by atoms with Crippen LogP contribution in [0.2, 0.25) is 0 Å². The third kappa shape index (κ3) is 5.26. The minimum atomic E-state index is 1.10. The molecule has 11 rings (SSSR count). The van der Waals surface area contributed by atoms with Crippen LogP contribution in [-0.2, 0) is 0 Å². The molecule has 2 heteroatoms. The van der Waals surface area contributed by atoms with Crippen molar-refractivity contribution in [2.45, 2.75) is 0 Å². The number of para-hydroxylation sites is 2. The molecule has 1 aromatic heterocycles. The van der Waals surface area contributed by atoms with E-state index in [0.29, 0.717) is 0 Å². The predicted molar refractivity (Wildman–Crippen MR) is 239 cm³/mol. The second kappa shape index (κ2) is 13.2. The first-order chi connectivity index (χ1) is 27.8. The van der Waals surface area contributed by atoms with Crippen LogP contribution in [0.3, 0.4) is 0 Å². The third-order valence-electron chi connectivity index (χ3n) is 11.4. The van der Waals surface area contributed by atoms with Crippen molar-refractivity contribution in [1.82, 2.24) is 4.57 Å². The minimum Gasteiger partial charge on any atom is -0.310 e. The topological polar surface area (TPSA) is 8.17 Å². The molecule has 0 atom stereocenters. The van der Waals surface area contributed by atoms with Crippen molar-refractivity contribution >= 4 is 71.2 Å². The van der Waals surface area contributed by atoms with Crippen LogP contribution >= 0.6 is 0 Å². The van der Waals surface area contributed by atoms with Gasteiger partial charge in [0, 0.05) is 33.5 Å². The summed E-state index contributed by atoms with van der Waals surface area (Å²) in [5.74, 6) is 0. The molecule has 11 aromatic rings. The van der Waals surface area contributed by atoms with Crippen molar-refractivity contribution in [3.05, 3.63) is 218 Å². The molecule has 0 fully saturated rings. The van der Waals surface area contributed by atoms with Gasteiger partial charge in [0.1, 0.15) is 0 Å². The van der Waals surface area contributed by atoms with Gasteiger partial charge in [0.05, 0.1) is 11.0 Å². The number of benzene rings is 10. The number of fused-ring (bicyclic) bond motifs is 8. The van der Waals surface area contributed by atoms with E-state index in [-0.39, 0.29) is 0 Å². The van der Waals surface area contributed by atoms with Gasteiger partial charge >= 0.3 is 0 Å². The van der Waals surface area contributed by atoms with Gasteiger partial charge in [-0.25, -0.2) is 0 Å². The molecule has 0 unspecified atom stereocenters. The molecule has 0 radical (unpaired) electrons. The summed E-state index contributed by atoms with van der Waals surface area (Å²) in [4.78, 5) is 2.38. The summed E-state index contributed by atoms with van der Waals surface area (Å²) in [5.41, 5.74) is 11.7. The van der Waals surface area contributed by atoms with Gasteiger partial charge in [-0.3, -0.25) is 0 Å². The number of anilines is 3. The van der Waals surface area contributed by atoms with Gasteiger partial charge in [0.2, 0.25) is 0 Å². The Bertz CT molecular complexity index is 3210. The van der Waals surface area contributed by atoms with E-state index in [1.807, 2.05) is 0 Å². The first-order valence-electron chi connectivity index (χ1n) is 19.3. The van der Waals surface area contributed by atoms with Gasteiger partial charge in [-0.1, -0.05) is 158 Å². The Labute approximate surface area is 325 Å². The summed E-state index contributed by atoms with van der Waals surface area (Å²) in [6.45, 7) is 0. The van der Waals surface area contributed by atoms with Crippen molar-refractivity contribution in [2.24, 2.45) is 0 Å². The highest BCUT2D eigenvalue weighted by Crippen LogP contribution is 2.42. The lowest BCUT2D eigenvalue weighted by Crippen LogP contribution is -2.10. The molecule has 0 saturated carbocycles. The average Bonchev–Trinajstić information content (AvgIpc) is 3.61. The van der Waals surface area contributed by atoms with Crippen molar-refractivity contribution in [2.75, 3.05) is 4.90 Å². The Hall–Kier alpha value is -7.42. The van der Waals surface area contributed by atoms with Gasteiger partial charge in [-0.05, 0) is 115 Å². The molecule has 0 aliphatic heterocycles. The zero-order valence-electron chi connectivity index (χ0n) is 30.7. The van der Waals surface area contributed by atoms with Crippen LogP contribution in [0.25, 0.3) is 82.1 Å². The molecule has 56 heavy (non-hydrogen) atoms. The van der Waals surface area contributed by atoms with E-state index in [1.54, 1.807) is 0 Å². The summed E-state index contributed by atoms with van der Waals surface area (Å²) in [5, 5.41) is 10.1. The summed E-state index contributed by atoms with van der Waals surface area (Å²) < 4.78 is 2.37. The quantitative estimate of drug-likeness (QED) is 0.156. The maximum atomic E-state index is 2.38. The lowest BCUT2D eigenvalue weighted by Gasteiger charge is -2.26. The Kier molecular flexibility index (Phi) is 7.53. The van der Waals surface area contributed by atoms with Crippen molar-refractivity contribution < 1.29 is 0 Å². The van der Waals surface area contributed by atoms with Gasteiger partial charge in [-0.2, -0.15) is 0 Å². The fourth-order valence-electron chi connectivity index (χ4n) is 8.73. The molecule has 0 aliphatic rings. The van der Waals surface area contributed by atoms with Crippen LogP contribution in [0, 0.1) is 0 Å². The minimum absolute atomic E-state index is 1.10. The lowest BCUT2D eigenvalue weighted by atomic mass is 9.92. The van der Waals surface area contributed by atoms with E-state index >= 15 is 0 Å². The van der Waals surface area contributed by atoms with Crippen LogP contribution in [0.15, 0.2) is 218 Å². The standard InChI is InChI=1S/C54H36N2/c1-3-12-37(13-4-1)38-22-27-42(28-23-38)55(44-31-35-54-52(36-44)51-18-9-10-21-53(51)56(54)41-15-5-2-6-16-41)43-29-24-40(25-30-43)46-19-11-20-47-48(46)33-34-49-45-17-8-7-14-39(45)26-32-50(47)49/h1-36H. The molecule has 0 spiro atoms. The Morgan fingerprint density at radius 1 is 0.286 bits per heavy atom. The Morgan fingerprint density at radius 2 is 0.821 bits per heavy atom. The monoisotopic (exact) mass is 712 g/mol. The summed E-state index contributed by atoms with van der Waals surface area (Å²) in [6.07, 6.45) is 0. The second-order valence-electron chi connectivity index (χ2n) is 14.5. The lowest BCUT2D eigenvalue weighted by molar-refractivity contribution is 1.18. The molecule has 0 aliphatic carbocycles. The van der Waals surface area contributed by atoms with E-state index in [0.717, 1.165) is 22.7 Å². The smallest absolute Gasteiger partial charge is 0.0542 e. The predicted octanol–water partition coefficient (Wildman–Crippen LogP) is 15.0. The molecule has 262 valence electrons. The first-order valence-corrected chi connectivity index (χ1v) is 19.3.